The van der Waals surface area contributed by atoms with Crippen LogP contribution in [0.3, 0.4) is 0 Å². The lowest BCUT2D eigenvalue weighted by Crippen LogP contribution is -2.53. The third kappa shape index (κ3) is 5.04. The zero-order valence-corrected chi connectivity index (χ0v) is 12.4. The Morgan fingerprint density at radius 3 is 2.06 bits per heavy atom. The molecule has 0 aromatic heterocycles. The number of hydrogen-bond donors (Lipinski definition) is 2. The highest BCUT2D eigenvalue weighted by atomic mass is 16.2. The number of likely N-dealkylation sites (N-methyl/N-ethyl adjacent to an activating group) is 2. The summed E-state index contributed by atoms with van der Waals surface area (Å²) < 4.78 is 0. The van der Waals surface area contributed by atoms with Crippen LogP contribution in [0.2, 0.25) is 0 Å². The lowest BCUT2D eigenvalue weighted by molar-refractivity contribution is -0.132. The molecular weight excluding hydrogens is 230 g/mol. The van der Waals surface area contributed by atoms with Gasteiger partial charge in [-0.25, -0.2) is 0 Å². The summed E-state index contributed by atoms with van der Waals surface area (Å²) >= 11 is 0. The van der Waals surface area contributed by atoms with Gasteiger partial charge >= 0.3 is 0 Å². The van der Waals surface area contributed by atoms with Crippen LogP contribution in [0.25, 0.3) is 0 Å². The smallest absolute Gasteiger partial charge is 0.242 e. The van der Waals surface area contributed by atoms with Gasteiger partial charge in [-0.05, 0) is 26.4 Å². The molecule has 0 rings (SSSR count). The van der Waals surface area contributed by atoms with E-state index in [4.69, 9.17) is 0 Å². The maximum absolute atomic E-state index is 12.2. The van der Waals surface area contributed by atoms with Crippen molar-refractivity contribution in [1.29, 1.82) is 0 Å². The average molecular weight is 257 g/mol. The lowest BCUT2D eigenvalue weighted by atomic mass is 10.0. The van der Waals surface area contributed by atoms with Gasteiger partial charge in [0.15, 0.2) is 0 Å². The molecule has 2 atom stereocenters. The fraction of sp³-hybridized carbons (Fsp3) is 0.846. The minimum Gasteiger partial charge on any atom is -0.357 e. The van der Waals surface area contributed by atoms with Crippen molar-refractivity contribution in [2.45, 2.75) is 45.7 Å². The Morgan fingerprint density at radius 1 is 1.17 bits per heavy atom. The Hall–Kier alpha value is -1.10. The molecule has 2 amide bonds. The van der Waals surface area contributed by atoms with Crippen molar-refractivity contribution in [3.63, 3.8) is 0 Å². The molecule has 5 heteroatoms. The van der Waals surface area contributed by atoms with E-state index in [-0.39, 0.29) is 23.8 Å². The van der Waals surface area contributed by atoms with Crippen LogP contribution in [0.1, 0.15) is 33.6 Å². The molecule has 0 bridgehead atoms. The normalized spacial score (nSPS) is 14.4. The predicted molar refractivity (Wildman–Crippen MR) is 73.2 cm³/mol. The van der Waals surface area contributed by atoms with E-state index in [0.29, 0.717) is 0 Å². The summed E-state index contributed by atoms with van der Waals surface area (Å²) in [6, 6.07) is -0.650. The van der Waals surface area contributed by atoms with Gasteiger partial charge in [-0.3, -0.25) is 14.5 Å². The van der Waals surface area contributed by atoms with E-state index in [9.17, 15) is 9.59 Å². The molecule has 0 aliphatic carbocycles. The highest BCUT2D eigenvalue weighted by molar-refractivity contribution is 5.89. The molecule has 0 aliphatic heterocycles. The van der Waals surface area contributed by atoms with E-state index in [2.05, 4.69) is 10.6 Å². The standard InChI is InChI=1S/C13H27N3O2/c1-7-8-10(16(5)6)12(17)15-11(9(2)3)13(18)14-4/h9-11H,7-8H2,1-6H3,(H,14,18)(H,15,17)/t10-,11+/m1/s1. The molecule has 5 nitrogen and oxygen atoms in total. The van der Waals surface area contributed by atoms with Gasteiger partial charge in [0.05, 0.1) is 6.04 Å². The maximum Gasteiger partial charge on any atom is 0.242 e. The van der Waals surface area contributed by atoms with E-state index < -0.39 is 6.04 Å². The summed E-state index contributed by atoms with van der Waals surface area (Å²) in [5.74, 6) is -0.158. The van der Waals surface area contributed by atoms with Crippen LogP contribution in [0.5, 0.6) is 0 Å². The molecular formula is C13H27N3O2. The van der Waals surface area contributed by atoms with Crippen LogP contribution >= 0.6 is 0 Å². The first-order valence-electron chi connectivity index (χ1n) is 6.53. The van der Waals surface area contributed by atoms with Crippen LogP contribution < -0.4 is 10.6 Å². The Balaban J connectivity index is 4.71. The summed E-state index contributed by atoms with van der Waals surface area (Å²) in [5.41, 5.74) is 0. The highest BCUT2D eigenvalue weighted by Gasteiger charge is 2.27. The SMILES string of the molecule is CCC[C@H](C(=O)N[C@H](C(=O)NC)C(C)C)N(C)C. The third-order valence-electron chi connectivity index (χ3n) is 2.98. The monoisotopic (exact) mass is 257 g/mol. The van der Waals surface area contributed by atoms with Crippen molar-refractivity contribution >= 4 is 11.8 Å². The largest absolute Gasteiger partial charge is 0.357 e. The zero-order chi connectivity index (χ0) is 14.3. The summed E-state index contributed by atoms with van der Waals surface area (Å²) in [6.45, 7) is 5.89. The molecule has 0 unspecified atom stereocenters. The number of carbonyl (C=O) groups excluding carboxylic acids is 2. The molecule has 0 saturated carbocycles. The van der Waals surface area contributed by atoms with Gasteiger partial charge in [0.1, 0.15) is 6.04 Å². The predicted octanol–water partition coefficient (Wildman–Crippen LogP) is 0.604. The number of nitrogens with zero attached hydrogens (tertiary/aromatic N) is 1. The Bertz CT molecular complexity index is 277. The second-order valence-electron chi connectivity index (χ2n) is 5.11. The third-order valence-corrected chi connectivity index (χ3v) is 2.98. The van der Waals surface area contributed by atoms with E-state index >= 15 is 0 Å². The van der Waals surface area contributed by atoms with Gasteiger partial charge < -0.3 is 10.6 Å². The van der Waals surface area contributed by atoms with Crippen LogP contribution in [-0.4, -0.2) is 49.9 Å². The van der Waals surface area contributed by atoms with E-state index in [1.165, 1.54) is 0 Å². The minimum absolute atomic E-state index is 0.0679. The fourth-order valence-electron chi connectivity index (χ4n) is 1.84. The molecule has 0 saturated heterocycles. The summed E-state index contributed by atoms with van der Waals surface area (Å²) in [4.78, 5) is 25.8. The van der Waals surface area contributed by atoms with E-state index in [1.54, 1.807) is 7.05 Å². The molecule has 18 heavy (non-hydrogen) atoms. The van der Waals surface area contributed by atoms with Gasteiger partial charge in [-0.2, -0.15) is 0 Å². The Kier molecular flexibility index (Phi) is 7.59. The molecule has 0 aromatic rings. The average Bonchev–Trinajstić information content (AvgIpc) is 2.30. The second kappa shape index (κ2) is 8.08. The van der Waals surface area contributed by atoms with Crippen molar-refractivity contribution in [3.05, 3.63) is 0 Å². The number of rotatable bonds is 7. The second-order valence-corrected chi connectivity index (χ2v) is 5.11. The highest BCUT2D eigenvalue weighted by Crippen LogP contribution is 2.07. The molecule has 0 aliphatic rings. The van der Waals surface area contributed by atoms with Crippen LogP contribution in [0, 0.1) is 5.92 Å². The molecule has 0 spiro atoms. The first-order valence-corrected chi connectivity index (χ1v) is 6.53. The summed E-state index contributed by atoms with van der Waals surface area (Å²) in [6.07, 6.45) is 1.72. The molecule has 106 valence electrons. The molecule has 0 heterocycles. The van der Waals surface area contributed by atoms with Gasteiger partial charge in [0.25, 0.3) is 0 Å². The number of nitrogens with one attached hydrogen (secondary N) is 2. The minimum atomic E-state index is -0.471. The number of hydrogen-bond acceptors (Lipinski definition) is 3. The van der Waals surface area contributed by atoms with Crippen LogP contribution in [0.4, 0.5) is 0 Å². The van der Waals surface area contributed by atoms with Crippen molar-refractivity contribution in [3.8, 4) is 0 Å². The quantitative estimate of drug-likeness (QED) is 0.702. The Labute approximate surface area is 110 Å². The van der Waals surface area contributed by atoms with Crippen molar-refractivity contribution in [1.82, 2.24) is 15.5 Å². The van der Waals surface area contributed by atoms with Crippen LogP contribution in [0.15, 0.2) is 0 Å². The summed E-state index contributed by atoms with van der Waals surface area (Å²) in [7, 11) is 5.34. The molecule has 0 radical (unpaired) electrons. The topological polar surface area (TPSA) is 61.4 Å². The Morgan fingerprint density at radius 2 is 1.72 bits per heavy atom. The van der Waals surface area contributed by atoms with Crippen molar-refractivity contribution in [2.75, 3.05) is 21.1 Å². The lowest BCUT2D eigenvalue weighted by Gasteiger charge is -2.27. The fourth-order valence-corrected chi connectivity index (χ4v) is 1.84. The van der Waals surface area contributed by atoms with Gasteiger partial charge in [-0.1, -0.05) is 27.2 Å². The number of carbonyl (C=O) groups is 2. The van der Waals surface area contributed by atoms with E-state index in [0.717, 1.165) is 12.8 Å². The number of amides is 2. The molecule has 0 fully saturated rings. The van der Waals surface area contributed by atoms with Gasteiger partial charge in [-0.15, -0.1) is 0 Å². The van der Waals surface area contributed by atoms with Gasteiger partial charge in [0, 0.05) is 7.05 Å². The first kappa shape index (κ1) is 16.9. The van der Waals surface area contributed by atoms with Gasteiger partial charge in [0.2, 0.25) is 11.8 Å². The first-order chi connectivity index (χ1) is 8.34. The van der Waals surface area contributed by atoms with Crippen molar-refractivity contribution < 1.29 is 9.59 Å². The van der Waals surface area contributed by atoms with E-state index in [1.807, 2.05) is 39.8 Å². The van der Waals surface area contributed by atoms with Crippen LogP contribution in [-0.2, 0) is 9.59 Å². The maximum atomic E-state index is 12.2. The zero-order valence-electron chi connectivity index (χ0n) is 12.4. The molecule has 0 aromatic carbocycles. The molecule has 2 N–H and O–H groups in total. The summed E-state index contributed by atoms with van der Waals surface area (Å²) in [5, 5.41) is 5.43. The van der Waals surface area contributed by atoms with Crippen molar-refractivity contribution in [2.24, 2.45) is 5.92 Å².